The van der Waals surface area contributed by atoms with Gasteiger partial charge in [0, 0.05) is 51.5 Å². The number of carbonyl (C=O) groups excluding carboxylic acids is 1. The number of hydrogen-bond donors (Lipinski definition) is 2. The first kappa shape index (κ1) is 19.6. The highest BCUT2D eigenvalue weighted by atomic mass is 16.3. The molecule has 7 heteroatoms. The van der Waals surface area contributed by atoms with Crippen LogP contribution in [0.4, 0.5) is 0 Å². The molecule has 3 heterocycles. The molecule has 154 valence electrons. The minimum absolute atomic E-state index is 0.195. The van der Waals surface area contributed by atoms with Crippen LogP contribution in [-0.2, 0) is 12.8 Å². The first-order valence-electron chi connectivity index (χ1n) is 10.6. The van der Waals surface area contributed by atoms with Crippen molar-refractivity contribution in [2.75, 3.05) is 52.9 Å². The maximum absolute atomic E-state index is 13.0. The zero-order chi connectivity index (χ0) is 19.7. The van der Waals surface area contributed by atoms with Gasteiger partial charge in [-0.15, -0.1) is 0 Å². The number of hydrogen-bond acceptors (Lipinski definition) is 5. The normalized spacial score (nSPS) is 26.9. The van der Waals surface area contributed by atoms with E-state index in [1.165, 1.54) is 0 Å². The number of likely N-dealkylation sites (tertiary alicyclic amines) is 1. The van der Waals surface area contributed by atoms with Crippen LogP contribution in [0, 0.1) is 0 Å². The van der Waals surface area contributed by atoms with Gasteiger partial charge in [0.1, 0.15) is 5.56 Å². The summed E-state index contributed by atoms with van der Waals surface area (Å²) in [6, 6.07) is 1.80. The summed E-state index contributed by atoms with van der Waals surface area (Å²) in [7, 11) is 2.13. The zero-order valence-electron chi connectivity index (χ0n) is 16.9. The Kier molecular flexibility index (Phi) is 5.58. The van der Waals surface area contributed by atoms with Crippen LogP contribution in [0.5, 0.6) is 0 Å². The van der Waals surface area contributed by atoms with Crippen molar-refractivity contribution < 1.29 is 9.90 Å². The number of aromatic amines is 1. The van der Waals surface area contributed by atoms with Gasteiger partial charge in [-0.25, -0.2) is 0 Å². The molecule has 1 atom stereocenters. The summed E-state index contributed by atoms with van der Waals surface area (Å²) in [5.41, 5.74) is 1.31. The fraction of sp³-hybridized carbons (Fsp3) is 0.714. The standard InChI is InChI=1S/C21H32N4O3/c1-23-10-12-24(13-11-23)15-21(28)6-3-8-25(9-7-21)20(27)17-14-16-4-2-5-18(16)22-19(17)26/h14,28H,2-13,15H2,1H3,(H,22,26). The number of fused-ring (bicyclic) bond motifs is 1. The van der Waals surface area contributed by atoms with Crippen molar-refractivity contribution in [1.82, 2.24) is 19.7 Å². The highest BCUT2D eigenvalue weighted by Gasteiger charge is 2.34. The molecule has 2 aliphatic heterocycles. The molecule has 2 N–H and O–H groups in total. The molecule has 0 bridgehead atoms. The molecule has 2 saturated heterocycles. The highest BCUT2D eigenvalue weighted by Crippen LogP contribution is 2.25. The predicted molar refractivity (Wildman–Crippen MR) is 108 cm³/mol. The van der Waals surface area contributed by atoms with Gasteiger partial charge in [0.05, 0.1) is 5.60 Å². The van der Waals surface area contributed by atoms with Gasteiger partial charge in [-0.2, -0.15) is 0 Å². The lowest BCUT2D eigenvalue weighted by Crippen LogP contribution is -2.51. The second-order valence-corrected chi connectivity index (χ2v) is 8.82. The number of nitrogens with one attached hydrogen (secondary N) is 1. The van der Waals surface area contributed by atoms with E-state index in [4.69, 9.17) is 0 Å². The van der Waals surface area contributed by atoms with Crippen molar-refractivity contribution in [1.29, 1.82) is 0 Å². The topological polar surface area (TPSA) is 79.9 Å². The lowest BCUT2D eigenvalue weighted by Gasteiger charge is -2.38. The second kappa shape index (κ2) is 7.97. The number of rotatable bonds is 3. The van der Waals surface area contributed by atoms with Crippen LogP contribution in [0.3, 0.4) is 0 Å². The van der Waals surface area contributed by atoms with Gasteiger partial charge in [-0.1, -0.05) is 0 Å². The van der Waals surface area contributed by atoms with E-state index in [1.807, 2.05) is 0 Å². The lowest BCUT2D eigenvalue weighted by atomic mass is 9.94. The number of pyridine rings is 1. The first-order chi connectivity index (χ1) is 13.4. The second-order valence-electron chi connectivity index (χ2n) is 8.82. The van der Waals surface area contributed by atoms with E-state index < -0.39 is 5.60 Å². The Hall–Kier alpha value is -1.70. The van der Waals surface area contributed by atoms with Gasteiger partial charge in [0.2, 0.25) is 0 Å². The summed E-state index contributed by atoms with van der Waals surface area (Å²) in [6.45, 7) is 5.78. The van der Waals surface area contributed by atoms with Gasteiger partial charge in [-0.3, -0.25) is 14.5 Å². The number of aliphatic hydroxyl groups is 1. The SMILES string of the molecule is CN1CCN(CC2(O)CCCN(C(=O)c3cc4c([nH]c3=O)CCC4)CC2)CC1. The molecular formula is C21H32N4O3. The molecule has 0 saturated carbocycles. The number of aryl methyl sites for hydroxylation is 2. The summed E-state index contributed by atoms with van der Waals surface area (Å²) in [4.78, 5) is 34.7. The van der Waals surface area contributed by atoms with Gasteiger partial charge in [0.15, 0.2) is 0 Å². The van der Waals surface area contributed by atoms with E-state index in [0.29, 0.717) is 32.5 Å². The van der Waals surface area contributed by atoms with E-state index in [0.717, 1.165) is 63.1 Å². The summed E-state index contributed by atoms with van der Waals surface area (Å²) in [6.07, 6.45) is 4.88. The third-order valence-corrected chi connectivity index (χ3v) is 6.64. The predicted octanol–water partition coefficient (Wildman–Crippen LogP) is 0.468. The number of β-amino-alcohol motifs (C(OH)–C–C–N with tert-alkyl or cyclic N) is 1. The molecule has 0 spiro atoms. The molecule has 2 fully saturated rings. The Morgan fingerprint density at radius 2 is 1.89 bits per heavy atom. The van der Waals surface area contributed by atoms with Crippen molar-refractivity contribution in [3.63, 3.8) is 0 Å². The van der Waals surface area contributed by atoms with Crippen LogP contribution in [0.25, 0.3) is 0 Å². The molecule has 4 rings (SSSR count). The fourth-order valence-electron chi connectivity index (χ4n) is 4.80. The van der Waals surface area contributed by atoms with Crippen molar-refractivity contribution >= 4 is 5.91 Å². The highest BCUT2D eigenvalue weighted by molar-refractivity contribution is 5.94. The lowest BCUT2D eigenvalue weighted by molar-refractivity contribution is -0.0179. The van der Waals surface area contributed by atoms with Gasteiger partial charge < -0.3 is 19.9 Å². The average Bonchev–Trinajstić information content (AvgIpc) is 3.03. The van der Waals surface area contributed by atoms with Crippen LogP contribution in [0.15, 0.2) is 10.9 Å². The third kappa shape index (κ3) is 4.16. The quantitative estimate of drug-likeness (QED) is 0.787. The maximum atomic E-state index is 13.0. The average molecular weight is 389 g/mol. The minimum Gasteiger partial charge on any atom is -0.388 e. The van der Waals surface area contributed by atoms with E-state index in [1.54, 1.807) is 11.0 Å². The number of carbonyl (C=O) groups is 1. The molecule has 1 aromatic rings. The summed E-state index contributed by atoms with van der Waals surface area (Å²) in [5, 5.41) is 11.2. The van der Waals surface area contributed by atoms with Crippen LogP contribution in [0.1, 0.15) is 47.3 Å². The number of H-pyrrole nitrogens is 1. The molecule has 1 aliphatic carbocycles. The summed E-state index contributed by atoms with van der Waals surface area (Å²) < 4.78 is 0. The van der Waals surface area contributed by atoms with Crippen LogP contribution in [0.2, 0.25) is 0 Å². The molecular weight excluding hydrogens is 356 g/mol. The number of aromatic nitrogens is 1. The zero-order valence-corrected chi connectivity index (χ0v) is 16.9. The van der Waals surface area contributed by atoms with Crippen LogP contribution in [-0.4, -0.2) is 89.2 Å². The van der Waals surface area contributed by atoms with Crippen molar-refractivity contribution in [3.8, 4) is 0 Å². The minimum atomic E-state index is -0.755. The van der Waals surface area contributed by atoms with Crippen molar-refractivity contribution in [2.45, 2.75) is 44.1 Å². The third-order valence-electron chi connectivity index (χ3n) is 6.64. The number of amides is 1. The van der Waals surface area contributed by atoms with Crippen molar-refractivity contribution in [3.05, 3.63) is 33.2 Å². The Labute approximate surface area is 166 Å². The first-order valence-corrected chi connectivity index (χ1v) is 10.6. The monoisotopic (exact) mass is 388 g/mol. The van der Waals surface area contributed by atoms with Crippen LogP contribution >= 0.6 is 0 Å². The van der Waals surface area contributed by atoms with E-state index in [9.17, 15) is 14.7 Å². The van der Waals surface area contributed by atoms with E-state index in [2.05, 4.69) is 21.8 Å². The number of likely N-dealkylation sites (N-methyl/N-ethyl adjacent to an activating group) is 1. The summed E-state index contributed by atoms with van der Waals surface area (Å²) in [5.74, 6) is -0.195. The van der Waals surface area contributed by atoms with Gasteiger partial charge >= 0.3 is 0 Å². The molecule has 0 aromatic carbocycles. The fourth-order valence-corrected chi connectivity index (χ4v) is 4.80. The Balaban J connectivity index is 1.41. The number of nitrogens with zero attached hydrogens (tertiary/aromatic N) is 3. The largest absolute Gasteiger partial charge is 0.388 e. The van der Waals surface area contributed by atoms with Gasteiger partial charge in [0.25, 0.3) is 11.5 Å². The molecule has 3 aliphatic rings. The smallest absolute Gasteiger partial charge is 0.261 e. The van der Waals surface area contributed by atoms with E-state index >= 15 is 0 Å². The van der Waals surface area contributed by atoms with Gasteiger partial charge in [-0.05, 0) is 57.2 Å². The Morgan fingerprint density at radius 3 is 2.68 bits per heavy atom. The maximum Gasteiger partial charge on any atom is 0.261 e. The Morgan fingerprint density at radius 1 is 1.11 bits per heavy atom. The molecule has 1 unspecified atom stereocenters. The molecule has 1 amide bonds. The Bertz CT molecular complexity index is 784. The van der Waals surface area contributed by atoms with Crippen molar-refractivity contribution in [2.24, 2.45) is 0 Å². The number of piperazine rings is 1. The molecule has 1 aromatic heterocycles. The van der Waals surface area contributed by atoms with E-state index in [-0.39, 0.29) is 17.0 Å². The molecule has 0 radical (unpaired) electrons. The summed E-state index contributed by atoms with van der Waals surface area (Å²) >= 11 is 0. The molecule has 28 heavy (non-hydrogen) atoms. The molecule has 7 nitrogen and oxygen atoms in total. The van der Waals surface area contributed by atoms with Crippen LogP contribution < -0.4 is 5.56 Å².